The number of aromatic nitrogens is 3. The van der Waals surface area contributed by atoms with Crippen LogP contribution in [0.25, 0.3) is 56.4 Å². The molecule has 0 saturated heterocycles. The minimum Gasteiger partial charge on any atom is -0.208 e. The fourth-order valence-electron chi connectivity index (χ4n) is 8.82. The van der Waals surface area contributed by atoms with Gasteiger partial charge in [0.1, 0.15) is 0 Å². The van der Waals surface area contributed by atoms with Crippen LogP contribution in [-0.2, 0) is 10.8 Å². The van der Waals surface area contributed by atoms with Gasteiger partial charge in [-0.05, 0) is 67.8 Å². The lowest BCUT2D eigenvalue weighted by Gasteiger charge is -2.46. The second kappa shape index (κ2) is 11.5. The lowest BCUT2D eigenvalue weighted by atomic mass is 9.55. The van der Waals surface area contributed by atoms with Crippen molar-refractivity contribution in [2.24, 2.45) is 0 Å². The summed E-state index contributed by atoms with van der Waals surface area (Å²) in [4.78, 5) is 15.4. The summed E-state index contributed by atoms with van der Waals surface area (Å²) in [6, 6.07) is 63.0. The van der Waals surface area contributed by atoms with Gasteiger partial charge in [0.15, 0.2) is 17.5 Å². The highest BCUT2D eigenvalue weighted by Crippen LogP contribution is 2.62. The first kappa shape index (κ1) is 30.4. The summed E-state index contributed by atoms with van der Waals surface area (Å²) in [5.74, 6) is 1.96. The third-order valence-electron chi connectivity index (χ3n) is 11.2. The molecule has 52 heavy (non-hydrogen) atoms. The predicted octanol–water partition coefficient (Wildman–Crippen LogP) is 11.5. The Morgan fingerprint density at radius 3 is 1.38 bits per heavy atom. The zero-order valence-electron chi connectivity index (χ0n) is 29.1. The lowest BCUT2D eigenvalue weighted by Crippen LogP contribution is -2.40. The van der Waals surface area contributed by atoms with Gasteiger partial charge in [-0.2, -0.15) is 0 Å². The first-order valence-electron chi connectivity index (χ1n) is 18.0. The van der Waals surface area contributed by atoms with Crippen molar-refractivity contribution >= 4 is 0 Å². The van der Waals surface area contributed by atoms with Crippen molar-refractivity contribution in [3.8, 4) is 56.4 Å². The Hall–Kier alpha value is -6.45. The van der Waals surface area contributed by atoms with Crippen molar-refractivity contribution in [3.05, 3.63) is 209 Å². The van der Waals surface area contributed by atoms with Crippen LogP contribution in [0.4, 0.5) is 0 Å². The monoisotopic (exact) mass is 665 g/mol. The van der Waals surface area contributed by atoms with Gasteiger partial charge in [-0.15, -0.1) is 0 Å². The smallest absolute Gasteiger partial charge is 0.164 e. The van der Waals surface area contributed by atoms with E-state index in [1.165, 1.54) is 44.5 Å². The molecule has 7 aromatic carbocycles. The summed E-state index contributed by atoms with van der Waals surface area (Å²) in [6.45, 7) is 4.72. The highest BCUT2D eigenvalue weighted by molar-refractivity contribution is 5.90. The maximum atomic E-state index is 5.19. The zero-order chi connectivity index (χ0) is 34.9. The molecule has 8 aromatic rings. The molecule has 1 aromatic heterocycles. The summed E-state index contributed by atoms with van der Waals surface area (Å²) in [5.41, 5.74) is 15.1. The number of fused-ring (bicyclic) bond motifs is 9. The third kappa shape index (κ3) is 4.42. The fourth-order valence-corrected chi connectivity index (χ4v) is 8.82. The van der Waals surface area contributed by atoms with Crippen LogP contribution >= 0.6 is 0 Å². The number of rotatable bonds is 4. The average molecular weight is 666 g/mol. The van der Waals surface area contributed by atoms with E-state index < -0.39 is 5.41 Å². The molecular formula is C49H35N3. The standard InChI is InChI=1S/C49H35N3/c1-48(2)41-24-11-13-26-43(41)49(44-27-14-12-25-42(44)48)39-23-10-9-22-37(39)38-31-36(28-29-40(38)49)47-51-45(33-18-7-4-8-19-33)50-46(52-47)35-21-15-20-34(30-35)32-16-5-3-6-17-32/h3-31H,1-2H3. The molecule has 0 bridgehead atoms. The molecule has 246 valence electrons. The molecule has 10 rings (SSSR count). The van der Waals surface area contributed by atoms with Crippen molar-refractivity contribution in [2.75, 3.05) is 0 Å². The van der Waals surface area contributed by atoms with Crippen LogP contribution in [0.2, 0.25) is 0 Å². The van der Waals surface area contributed by atoms with Crippen molar-refractivity contribution in [3.63, 3.8) is 0 Å². The van der Waals surface area contributed by atoms with Crippen molar-refractivity contribution < 1.29 is 0 Å². The molecule has 0 unspecified atom stereocenters. The average Bonchev–Trinajstić information content (AvgIpc) is 3.51. The van der Waals surface area contributed by atoms with Crippen LogP contribution in [0.1, 0.15) is 47.2 Å². The van der Waals surface area contributed by atoms with E-state index in [0.29, 0.717) is 17.5 Å². The topological polar surface area (TPSA) is 38.7 Å². The number of benzene rings is 7. The van der Waals surface area contributed by atoms with Crippen molar-refractivity contribution in [2.45, 2.75) is 24.7 Å². The van der Waals surface area contributed by atoms with Crippen LogP contribution in [0, 0.1) is 0 Å². The largest absolute Gasteiger partial charge is 0.208 e. The SMILES string of the molecule is CC1(C)c2ccccc2C2(c3ccccc3-c3cc(-c4nc(-c5ccccc5)nc(-c5cccc(-c6ccccc6)c5)n4)ccc32)c2ccccc21. The molecule has 2 aliphatic carbocycles. The van der Waals surface area contributed by atoms with E-state index in [0.717, 1.165) is 27.8 Å². The van der Waals surface area contributed by atoms with E-state index in [-0.39, 0.29) is 5.41 Å². The molecule has 0 aliphatic heterocycles. The first-order chi connectivity index (χ1) is 25.5. The van der Waals surface area contributed by atoms with Crippen LogP contribution in [-0.4, -0.2) is 15.0 Å². The van der Waals surface area contributed by atoms with Gasteiger partial charge >= 0.3 is 0 Å². The van der Waals surface area contributed by atoms with E-state index >= 15 is 0 Å². The van der Waals surface area contributed by atoms with Gasteiger partial charge in [-0.3, -0.25) is 0 Å². The predicted molar refractivity (Wildman–Crippen MR) is 211 cm³/mol. The third-order valence-corrected chi connectivity index (χ3v) is 11.2. The minimum atomic E-state index is -0.440. The molecule has 0 radical (unpaired) electrons. The molecule has 3 heteroatoms. The molecule has 1 heterocycles. The molecule has 0 N–H and O–H groups in total. The van der Waals surface area contributed by atoms with Gasteiger partial charge in [0.05, 0.1) is 5.41 Å². The van der Waals surface area contributed by atoms with E-state index in [4.69, 9.17) is 15.0 Å². The number of hydrogen-bond donors (Lipinski definition) is 0. The Morgan fingerprint density at radius 1 is 0.308 bits per heavy atom. The molecule has 0 fully saturated rings. The van der Waals surface area contributed by atoms with E-state index in [9.17, 15) is 0 Å². The molecule has 0 saturated carbocycles. The highest BCUT2D eigenvalue weighted by Gasteiger charge is 2.53. The Labute approximate surface area is 304 Å². The van der Waals surface area contributed by atoms with Gasteiger partial charge in [0, 0.05) is 22.1 Å². The van der Waals surface area contributed by atoms with Crippen LogP contribution in [0.15, 0.2) is 176 Å². The van der Waals surface area contributed by atoms with E-state index in [2.05, 4.69) is 166 Å². The first-order valence-corrected chi connectivity index (χ1v) is 18.0. The normalized spacial score (nSPS) is 14.3. The zero-order valence-corrected chi connectivity index (χ0v) is 29.1. The van der Waals surface area contributed by atoms with Gasteiger partial charge in [-0.25, -0.2) is 15.0 Å². The number of hydrogen-bond acceptors (Lipinski definition) is 3. The Kier molecular flexibility index (Phi) is 6.74. The van der Waals surface area contributed by atoms with Gasteiger partial charge in [-0.1, -0.05) is 178 Å². The highest BCUT2D eigenvalue weighted by atomic mass is 15.0. The molecule has 1 spiro atoms. The van der Waals surface area contributed by atoms with Crippen molar-refractivity contribution in [1.29, 1.82) is 0 Å². The van der Waals surface area contributed by atoms with Gasteiger partial charge in [0.2, 0.25) is 0 Å². The maximum Gasteiger partial charge on any atom is 0.164 e. The summed E-state index contributed by atoms with van der Waals surface area (Å²) >= 11 is 0. The maximum absolute atomic E-state index is 5.19. The Bertz CT molecular complexity index is 2610. The molecule has 0 amide bonds. The molecular weight excluding hydrogens is 631 g/mol. The van der Waals surface area contributed by atoms with Crippen LogP contribution in [0.5, 0.6) is 0 Å². The second-order valence-corrected chi connectivity index (χ2v) is 14.4. The van der Waals surface area contributed by atoms with Crippen LogP contribution < -0.4 is 0 Å². The van der Waals surface area contributed by atoms with E-state index in [1.807, 2.05) is 24.3 Å². The Balaban J connectivity index is 1.20. The lowest BCUT2D eigenvalue weighted by molar-refractivity contribution is 0.563. The van der Waals surface area contributed by atoms with E-state index in [1.54, 1.807) is 0 Å². The second-order valence-electron chi connectivity index (χ2n) is 14.4. The molecule has 0 atom stereocenters. The summed E-state index contributed by atoms with van der Waals surface area (Å²) in [6.07, 6.45) is 0. The van der Waals surface area contributed by atoms with Crippen molar-refractivity contribution in [1.82, 2.24) is 15.0 Å². The molecule has 2 aliphatic rings. The van der Waals surface area contributed by atoms with Gasteiger partial charge < -0.3 is 0 Å². The minimum absolute atomic E-state index is 0.136. The summed E-state index contributed by atoms with van der Waals surface area (Å²) < 4.78 is 0. The quantitative estimate of drug-likeness (QED) is 0.188. The fraction of sp³-hybridized carbons (Fsp3) is 0.0816. The van der Waals surface area contributed by atoms with Crippen LogP contribution in [0.3, 0.4) is 0 Å². The Morgan fingerprint density at radius 2 is 0.750 bits per heavy atom. The van der Waals surface area contributed by atoms with Gasteiger partial charge in [0.25, 0.3) is 0 Å². The summed E-state index contributed by atoms with van der Waals surface area (Å²) in [5, 5.41) is 0. The number of nitrogens with zero attached hydrogens (tertiary/aromatic N) is 3. The molecule has 3 nitrogen and oxygen atoms in total. The summed E-state index contributed by atoms with van der Waals surface area (Å²) in [7, 11) is 0.